The van der Waals surface area contributed by atoms with Crippen molar-refractivity contribution >= 4 is 15.8 Å². The van der Waals surface area contributed by atoms with Gasteiger partial charge in [-0.15, -0.1) is 0 Å². The van der Waals surface area contributed by atoms with Gasteiger partial charge in [0.15, 0.2) is 5.78 Å². The molecule has 0 aliphatic rings. The number of sulfonamides is 1. The van der Waals surface area contributed by atoms with Crippen LogP contribution < -0.4 is 4.72 Å². The fraction of sp³-hybridized carbons (Fsp3) is 0.0556. The van der Waals surface area contributed by atoms with Crippen molar-refractivity contribution in [3.63, 3.8) is 0 Å². The smallest absolute Gasteiger partial charge is 0.243 e. The van der Waals surface area contributed by atoms with Crippen LogP contribution in [-0.4, -0.2) is 20.7 Å². The third-order valence-electron chi connectivity index (χ3n) is 3.54. The number of furan rings is 1. The summed E-state index contributed by atoms with van der Waals surface area (Å²) in [6.45, 7) is -0.474. The van der Waals surface area contributed by atoms with Crippen LogP contribution in [0.25, 0.3) is 11.3 Å². The third-order valence-corrected chi connectivity index (χ3v) is 4.97. The Morgan fingerprint density at radius 3 is 2.56 bits per heavy atom. The maximum Gasteiger partial charge on any atom is 0.243 e. The molecule has 2 aromatic carbocycles. The second-order valence-electron chi connectivity index (χ2n) is 5.24. The molecule has 3 aromatic rings. The molecule has 3 rings (SSSR count). The molecule has 0 aliphatic heterocycles. The van der Waals surface area contributed by atoms with Crippen LogP contribution >= 0.6 is 0 Å². The molecular weight excluding hydrogens is 345 g/mol. The highest BCUT2D eigenvalue weighted by Gasteiger charge is 2.20. The fourth-order valence-corrected chi connectivity index (χ4v) is 3.35. The number of carbonyl (C=O) groups is 1. The van der Waals surface area contributed by atoms with Crippen LogP contribution in [0.1, 0.15) is 10.4 Å². The third kappa shape index (κ3) is 3.84. The van der Waals surface area contributed by atoms with Crippen LogP contribution in [0.15, 0.2) is 76.2 Å². The van der Waals surface area contributed by atoms with Crippen LogP contribution in [-0.2, 0) is 10.0 Å². The van der Waals surface area contributed by atoms with E-state index in [4.69, 9.17) is 4.42 Å². The topological polar surface area (TPSA) is 76.4 Å². The lowest BCUT2D eigenvalue weighted by molar-refractivity contribution is 0.0997. The zero-order valence-corrected chi connectivity index (χ0v) is 13.8. The Hall–Kier alpha value is -2.77. The van der Waals surface area contributed by atoms with Gasteiger partial charge in [0.1, 0.15) is 16.5 Å². The van der Waals surface area contributed by atoms with Crippen LogP contribution in [0.4, 0.5) is 4.39 Å². The summed E-state index contributed by atoms with van der Waals surface area (Å²) in [6.07, 6.45) is 1.52. The van der Waals surface area contributed by atoms with Crippen molar-refractivity contribution in [2.75, 3.05) is 6.54 Å². The minimum atomic E-state index is -4.11. The summed E-state index contributed by atoms with van der Waals surface area (Å²) in [5.74, 6) is -0.711. The first-order chi connectivity index (χ1) is 12.0. The SMILES string of the molecule is O=C(CNS(=O)(=O)c1ccccc1F)c1cccc(-c2ccco2)c1. The molecule has 1 N–H and O–H groups in total. The first-order valence-corrected chi connectivity index (χ1v) is 8.87. The minimum absolute atomic E-state index is 0.324. The molecular formula is C18H14FNO4S. The minimum Gasteiger partial charge on any atom is -0.464 e. The number of carbonyl (C=O) groups excluding carboxylic acids is 1. The summed E-state index contributed by atoms with van der Waals surface area (Å²) in [6, 6.07) is 15.1. The summed E-state index contributed by atoms with van der Waals surface area (Å²) in [5, 5.41) is 0. The number of hydrogen-bond donors (Lipinski definition) is 1. The standard InChI is InChI=1S/C18H14FNO4S/c19-15-7-1-2-9-18(15)25(22,23)20-12-16(21)13-5-3-6-14(11-13)17-8-4-10-24-17/h1-11,20H,12H2. The van der Waals surface area contributed by atoms with Gasteiger partial charge >= 0.3 is 0 Å². The molecule has 0 bridgehead atoms. The molecule has 25 heavy (non-hydrogen) atoms. The van der Waals surface area contributed by atoms with Gasteiger partial charge in [-0.1, -0.05) is 30.3 Å². The monoisotopic (exact) mass is 359 g/mol. The van der Waals surface area contributed by atoms with E-state index in [1.54, 1.807) is 36.4 Å². The Balaban J connectivity index is 1.75. The van der Waals surface area contributed by atoms with Crippen LogP contribution in [0.5, 0.6) is 0 Å². The quantitative estimate of drug-likeness (QED) is 0.686. The number of nitrogens with one attached hydrogen (secondary N) is 1. The lowest BCUT2D eigenvalue weighted by Gasteiger charge is -2.07. The van der Waals surface area contributed by atoms with Crippen LogP contribution in [0, 0.1) is 5.82 Å². The number of ketones is 1. The number of benzene rings is 2. The van der Waals surface area contributed by atoms with E-state index >= 15 is 0 Å². The van der Waals surface area contributed by atoms with E-state index in [1.807, 2.05) is 0 Å². The van der Waals surface area contributed by atoms with Crippen LogP contribution in [0.3, 0.4) is 0 Å². The highest BCUT2D eigenvalue weighted by atomic mass is 32.2. The molecule has 0 fully saturated rings. The molecule has 0 amide bonds. The lowest BCUT2D eigenvalue weighted by atomic mass is 10.1. The lowest BCUT2D eigenvalue weighted by Crippen LogP contribution is -2.30. The average molecular weight is 359 g/mol. The zero-order valence-electron chi connectivity index (χ0n) is 13.0. The van der Waals surface area contributed by atoms with Gasteiger partial charge in [0.2, 0.25) is 10.0 Å². The van der Waals surface area contributed by atoms with Crippen molar-refractivity contribution in [3.8, 4) is 11.3 Å². The molecule has 0 radical (unpaired) electrons. The van der Waals surface area contributed by atoms with Crippen molar-refractivity contribution in [3.05, 3.63) is 78.3 Å². The zero-order chi connectivity index (χ0) is 17.9. The van der Waals surface area contributed by atoms with Gasteiger partial charge in [-0.25, -0.2) is 17.5 Å². The summed E-state index contributed by atoms with van der Waals surface area (Å²) < 4.78 is 45.3. The fourth-order valence-electron chi connectivity index (χ4n) is 2.29. The Kier molecular flexibility index (Phi) is 4.78. The molecule has 5 nitrogen and oxygen atoms in total. The highest BCUT2D eigenvalue weighted by molar-refractivity contribution is 7.89. The van der Waals surface area contributed by atoms with E-state index < -0.39 is 33.1 Å². The summed E-state index contributed by atoms with van der Waals surface area (Å²) in [4.78, 5) is 11.8. The number of Topliss-reactive ketones (excluding diaryl/α,β-unsaturated/α-hetero) is 1. The van der Waals surface area contributed by atoms with Crippen molar-refractivity contribution in [1.82, 2.24) is 4.72 Å². The molecule has 128 valence electrons. The Morgan fingerprint density at radius 2 is 1.84 bits per heavy atom. The van der Waals surface area contributed by atoms with Gasteiger partial charge < -0.3 is 4.42 Å². The molecule has 0 atom stereocenters. The van der Waals surface area contributed by atoms with E-state index in [2.05, 4.69) is 4.72 Å². The predicted octanol–water partition coefficient (Wildman–Crippen LogP) is 3.25. The second kappa shape index (κ2) is 7.00. The number of rotatable bonds is 6. The van der Waals surface area contributed by atoms with Crippen molar-refractivity contribution in [2.24, 2.45) is 0 Å². The predicted molar refractivity (Wildman–Crippen MR) is 90.1 cm³/mol. The molecule has 1 heterocycles. The Morgan fingerprint density at radius 1 is 1.04 bits per heavy atom. The normalized spacial score (nSPS) is 11.4. The van der Waals surface area contributed by atoms with Crippen molar-refractivity contribution < 1.29 is 22.0 Å². The van der Waals surface area contributed by atoms with E-state index in [9.17, 15) is 17.6 Å². The van der Waals surface area contributed by atoms with Gasteiger partial charge in [0.25, 0.3) is 0 Å². The van der Waals surface area contributed by atoms with Crippen LogP contribution in [0.2, 0.25) is 0 Å². The van der Waals surface area contributed by atoms with E-state index in [0.29, 0.717) is 16.9 Å². The molecule has 1 aromatic heterocycles. The first-order valence-electron chi connectivity index (χ1n) is 7.39. The summed E-state index contributed by atoms with van der Waals surface area (Å²) in [5.41, 5.74) is 1.03. The highest BCUT2D eigenvalue weighted by Crippen LogP contribution is 2.21. The van der Waals surface area contributed by atoms with Gasteiger partial charge in [0, 0.05) is 11.1 Å². The van der Waals surface area contributed by atoms with Gasteiger partial charge in [-0.2, -0.15) is 0 Å². The molecule has 7 heteroatoms. The maximum absolute atomic E-state index is 13.6. The number of halogens is 1. The van der Waals surface area contributed by atoms with Gasteiger partial charge in [-0.05, 0) is 30.3 Å². The summed E-state index contributed by atoms with van der Waals surface area (Å²) >= 11 is 0. The largest absolute Gasteiger partial charge is 0.464 e. The molecule has 0 saturated carbocycles. The first kappa shape index (κ1) is 17.1. The summed E-state index contributed by atoms with van der Waals surface area (Å²) in [7, 11) is -4.11. The molecule has 0 unspecified atom stereocenters. The van der Waals surface area contributed by atoms with E-state index in [0.717, 1.165) is 12.1 Å². The number of hydrogen-bond acceptors (Lipinski definition) is 4. The molecule has 0 saturated heterocycles. The van der Waals surface area contributed by atoms with Crippen molar-refractivity contribution in [1.29, 1.82) is 0 Å². The average Bonchev–Trinajstić information content (AvgIpc) is 3.15. The van der Waals surface area contributed by atoms with E-state index in [-0.39, 0.29) is 0 Å². The molecule has 0 aliphatic carbocycles. The van der Waals surface area contributed by atoms with Gasteiger partial charge in [-0.3, -0.25) is 4.79 Å². The van der Waals surface area contributed by atoms with Crippen molar-refractivity contribution in [2.45, 2.75) is 4.90 Å². The molecule has 0 spiro atoms. The van der Waals surface area contributed by atoms with E-state index in [1.165, 1.54) is 18.4 Å². The van der Waals surface area contributed by atoms with Gasteiger partial charge in [0.05, 0.1) is 12.8 Å². The Bertz CT molecular complexity index is 997. The second-order valence-corrected chi connectivity index (χ2v) is 6.97. The maximum atomic E-state index is 13.6. The Labute approximate surface area is 144 Å².